The van der Waals surface area contributed by atoms with Gasteiger partial charge in [0, 0.05) is 14.5 Å². The number of halogens is 2. The third-order valence-electron chi connectivity index (χ3n) is 2.47. The summed E-state index contributed by atoms with van der Waals surface area (Å²) < 4.78 is 3.50. The molecule has 0 aliphatic carbocycles. The quantitative estimate of drug-likeness (QED) is 0.649. The molecule has 0 aliphatic rings. The maximum absolute atomic E-state index is 6.07. The molecule has 2 aromatic heterocycles. The molecule has 2 heterocycles. The lowest BCUT2D eigenvalue weighted by molar-refractivity contribution is 0.898. The number of benzene rings is 1. The van der Waals surface area contributed by atoms with Gasteiger partial charge in [-0.25, -0.2) is 0 Å². The second-order valence-electron chi connectivity index (χ2n) is 3.70. The van der Waals surface area contributed by atoms with E-state index in [4.69, 9.17) is 5.73 Å². The molecule has 0 spiro atoms. The predicted octanol–water partition coefficient (Wildman–Crippen LogP) is 3.27. The van der Waals surface area contributed by atoms with Crippen molar-refractivity contribution in [2.24, 2.45) is 0 Å². The van der Waals surface area contributed by atoms with E-state index in [1.165, 1.54) is 11.3 Å². The molecule has 0 aliphatic heterocycles. The lowest BCUT2D eigenvalue weighted by Crippen LogP contribution is -1.93. The number of nitrogens with two attached hydrogens (primary N) is 1. The SMILES string of the molecule is Cc1nnc2sc(-c3cc(Br)cc(Br)c3N)nn12. The fourth-order valence-corrected chi connectivity index (χ4v) is 3.73. The molecule has 0 saturated carbocycles. The average molecular weight is 389 g/mol. The van der Waals surface area contributed by atoms with Crippen LogP contribution < -0.4 is 5.73 Å². The number of nitrogens with zero attached hydrogens (tertiary/aromatic N) is 4. The van der Waals surface area contributed by atoms with Gasteiger partial charge in [0.2, 0.25) is 4.96 Å². The minimum Gasteiger partial charge on any atom is -0.397 e. The van der Waals surface area contributed by atoms with Crippen LogP contribution in [0.25, 0.3) is 15.5 Å². The van der Waals surface area contributed by atoms with E-state index in [0.29, 0.717) is 5.69 Å². The van der Waals surface area contributed by atoms with Gasteiger partial charge in [0.15, 0.2) is 5.82 Å². The van der Waals surface area contributed by atoms with Crippen LogP contribution in [0, 0.1) is 6.92 Å². The molecule has 0 bridgehead atoms. The highest BCUT2D eigenvalue weighted by Crippen LogP contribution is 2.36. The van der Waals surface area contributed by atoms with Crippen molar-refractivity contribution in [1.82, 2.24) is 19.8 Å². The molecule has 0 radical (unpaired) electrons. The highest BCUT2D eigenvalue weighted by Gasteiger charge is 2.14. The van der Waals surface area contributed by atoms with Crippen LogP contribution in [0.15, 0.2) is 21.1 Å². The van der Waals surface area contributed by atoms with Crippen LogP contribution in [-0.4, -0.2) is 19.8 Å². The minimum atomic E-state index is 0.667. The Bertz CT molecular complexity index is 748. The van der Waals surface area contributed by atoms with Crippen molar-refractivity contribution in [2.45, 2.75) is 6.92 Å². The molecule has 3 rings (SSSR count). The number of aromatic nitrogens is 4. The van der Waals surface area contributed by atoms with Gasteiger partial charge in [0.1, 0.15) is 5.01 Å². The molecule has 2 N–H and O–H groups in total. The number of aryl methyl sites for hydroxylation is 1. The Balaban J connectivity index is 2.25. The Morgan fingerprint density at radius 1 is 1.28 bits per heavy atom. The molecule has 0 atom stereocenters. The van der Waals surface area contributed by atoms with Crippen LogP contribution in [0.5, 0.6) is 0 Å². The Hall–Kier alpha value is -0.990. The predicted molar refractivity (Wildman–Crippen MR) is 78.6 cm³/mol. The molecule has 0 unspecified atom stereocenters. The zero-order chi connectivity index (χ0) is 12.9. The molecule has 92 valence electrons. The molecule has 0 amide bonds. The first-order chi connectivity index (χ1) is 8.56. The van der Waals surface area contributed by atoms with E-state index < -0.39 is 0 Å². The molecule has 5 nitrogen and oxygen atoms in total. The lowest BCUT2D eigenvalue weighted by atomic mass is 10.2. The largest absolute Gasteiger partial charge is 0.397 e. The highest BCUT2D eigenvalue weighted by molar-refractivity contribution is 9.11. The molecule has 8 heteroatoms. The van der Waals surface area contributed by atoms with Crippen LogP contribution in [-0.2, 0) is 0 Å². The summed E-state index contributed by atoms with van der Waals surface area (Å²) in [7, 11) is 0. The van der Waals surface area contributed by atoms with Crippen LogP contribution in [0.2, 0.25) is 0 Å². The van der Waals surface area contributed by atoms with Crippen LogP contribution >= 0.6 is 43.2 Å². The van der Waals surface area contributed by atoms with Crippen molar-refractivity contribution in [3.63, 3.8) is 0 Å². The second kappa shape index (κ2) is 4.29. The van der Waals surface area contributed by atoms with E-state index in [-0.39, 0.29) is 0 Å². The molecule has 1 aromatic carbocycles. The Morgan fingerprint density at radius 3 is 2.78 bits per heavy atom. The first-order valence-corrected chi connectivity index (χ1v) is 7.40. The van der Waals surface area contributed by atoms with Gasteiger partial charge in [-0.3, -0.25) is 0 Å². The summed E-state index contributed by atoms with van der Waals surface area (Å²) in [6.07, 6.45) is 0. The van der Waals surface area contributed by atoms with Crippen molar-refractivity contribution in [3.05, 3.63) is 26.9 Å². The minimum absolute atomic E-state index is 0.667. The summed E-state index contributed by atoms with van der Waals surface area (Å²) in [4.78, 5) is 0.762. The summed E-state index contributed by atoms with van der Waals surface area (Å²) in [5.41, 5.74) is 7.61. The van der Waals surface area contributed by atoms with Gasteiger partial charge in [0.25, 0.3) is 0 Å². The summed E-state index contributed by atoms with van der Waals surface area (Å²) in [5.74, 6) is 0.764. The van der Waals surface area contributed by atoms with Crippen molar-refractivity contribution in [3.8, 4) is 10.6 Å². The van der Waals surface area contributed by atoms with Crippen molar-refractivity contribution < 1.29 is 0 Å². The number of fused-ring (bicyclic) bond motifs is 1. The third kappa shape index (κ3) is 1.84. The zero-order valence-electron chi connectivity index (χ0n) is 9.19. The van der Waals surface area contributed by atoms with E-state index in [0.717, 1.165) is 30.3 Å². The van der Waals surface area contributed by atoms with E-state index in [1.807, 2.05) is 19.1 Å². The van der Waals surface area contributed by atoms with E-state index in [1.54, 1.807) is 4.52 Å². The molecular weight excluding hydrogens is 382 g/mol. The van der Waals surface area contributed by atoms with Gasteiger partial charge in [-0.15, -0.1) is 10.2 Å². The Kier molecular flexibility index (Phi) is 2.87. The first-order valence-electron chi connectivity index (χ1n) is 5.00. The maximum Gasteiger partial charge on any atom is 0.234 e. The van der Waals surface area contributed by atoms with Crippen molar-refractivity contribution in [2.75, 3.05) is 5.73 Å². The number of rotatable bonds is 1. The van der Waals surface area contributed by atoms with Gasteiger partial charge in [-0.1, -0.05) is 27.3 Å². The number of nitrogen functional groups attached to an aromatic ring is 1. The van der Waals surface area contributed by atoms with Gasteiger partial charge in [0.05, 0.1) is 5.69 Å². The Labute approximate surface area is 123 Å². The van der Waals surface area contributed by atoms with Gasteiger partial charge >= 0.3 is 0 Å². The molecule has 0 fully saturated rings. The number of hydrogen-bond acceptors (Lipinski definition) is 5. The summed E-state index contributed by atoms with van der Waals surface area (Å²) in [6, 6.07) is 3.85. The van der Waals surface area contributed by atoms with Crippen LogP contribution in [0.1, 0.15) is 5.82 Å². The maximum atomic E-state index is 6.07. The lowest BCUT2D eigenvalue weighted by Gasteiger charge is -2.05. The molecule has 18 heavy (non-hydrogen) atoms. The molecule has 3 aromatic rings. The van der Waals surface area contributed by atoms with Crippen molar-refractivity contribution in [1.29, 1.82) is 0 Å². The number of anilines is 1. The van der Waals surface area contributed by atoms with Crippen LogP contribution in [0.4, 0.5) is 5.69 Å². The van der Waals surface area contributed by atoms with E-state index >= 15 is 0 Å². The molecule has 0 saturated heterocycles. The van der Waals surface area contributed by atoms with Crippen molar-refractivity contribution >= 4 is 53.8 Å². The zero-order valence-corrected chi connectivity index (χ0v) is 13.2. The fourth-order valence-electron chi connectivity index (χ4n) is 1.59. The summed E-state index contributed by atoms with van der Waals surface area (Å²) in [6.45, 7) is 1.86. The normalized spacial score (nSPS) is 11.3. The fraction of sp³-hybridized carbons (Fsp3) is 0.100. The summed E-state index contributed by atoms with van der Waals surface area (Å²) >= 11 is 8.34. The van der Waals surface area contributed by atoms with Gasteiger partial charge < -0.3 is 5.73 Å². The van der Waals surface area contributed by atoms with E-state index in [9.17, 15) is 0 Å². The van der Waals surface area contributed by atoms with Crippen LogP contribution in [0.3, 0.4) is 0 Å². The second-order valence-corrected chi connectivity index (χ2v) is 6.42. The van der Waals surface area contributed by atoms with Gasteiger partial charge in [-0.2, -0.15) is 9.61 Å². The standard InChI is InChI=1S/C10H7Br2N5S/c1-4-14-15-10-17(4)16-9(18-10)6-2-5(11)3-7(12)8(6)13/h2-3H,13H2,1H3. The summed E-state index contributed by atoms with van der Waals surface area (Å²) in [5, 5.41) is 13.3. The van der Waals surface area contributed by atoms with Gasteiger partial charge in [-0.05, 0) is 35.0 Å². The Morgan fingerprint density at radius 2 is 2.06 bits per heavy atom. The third-order valence-corrected chi connectivity index (χ3v) is 4.52. The average Bonchev–Trinajstić information content (AvgIpc) is 2.86. The monoisotopic (exact) mass is 387 g/mol. The number of hydrogen-bond donors (Lipinski definition) is 1. The van der Waals surface area contributed by atoms with E-state index in [2.05, 4.69) is 47.2 Å². The highest BCUT2D eigenvalue weighted by atomic mass is 79.9. The molecular formula is C10H7Br2N5S. The first kappa shape index (κ1) is 12.1. The topological polar surface area (TPSA) is 69.1 Å². The smallest absolute Gasteiger partial charge is 0.234 e.